The first kappa shape index (κ1) is 12.8. The predicted octanol–water partition coefficient (Wildman–Crippen LogP) is 0.777. The number of nitrogens with one attached hydrogen (secondary N) is 1. The number of hydrogen-bond donors (Lipinski definition) is 2. The predicted molar refractivity (Wildman–Crippen MR) is 62.0 cm³/mol. The molecule has 1 spiro atoms. The molecule has 2 aliphatic rings. The largest absolute Gasteiger partial charge is 0.480 e. The number of carboxylic acids is 1. The summed E-state index contributed by atoms with van der Waals surface area (Å²) in [5.41, 5.74) is -0.0770. The van der Waals surface area contributed by atoms with Crippen molar-refractivity contribution in [3.8, 4) is 0 Å². The number of ether oxygens (including phenoxy) is 2. The van der Waals surface area contributed by atoms with Crippen LogP contribution in [0.1, 0.15) is 32.6 Å². The summed E-state index contributed by atoms with van der Waals surface area (Å²) in [7, 11) is 0. The van der Waals surface area contributed by atoms with Crippen molar-refractivity contribution in [2.24, 2.45) is 0 Å². The Hall–Kier alpha value is -0.650. The maximum atomic E-state index is 10.8. The Bertz CT molecular complexity index is 270. The van der Waals surface area contributed by atoms with Crippen LogP contribution in [0.4, 0.5) is 0 Å². The van der Waals surface area contributed by atoms with E-state index in [1.54, 1.807) is 6.92 Å². The molecule has 2 rings (SSSR count). The fourth-order valence-electron chi connectivity index (χ4n) is 2.69. The van der Waals surface area contributed by atoms with Gasteiger partial charge in [0.05, 0.1) is 5.60 Å². The third-order valence-corrected chi connectivity index (χ3v) is 3.75. The van der Waals surface area contributed by atoms with Crippen molar-refractivity contribution in [1.29, 1.82) is 0 Å². The normalized spacial score (nSPS) is 30.1. The molecular weight excluding hydrogens is 222 g/mol. The first-order valence-corrected chi connectivity index (χ1v) is 6.32. The molecule has 0 bridgehead atoms. The summed E-state index contributed by atoms with van der Waals surface area (Å²) >= 11 is 0. The number of carboxylic acid groups (broad SMARTS) is 1. The molecule has 2 heterocycles. The number of hydrogen-bond acceptors (Lipinski definition) is 4. The van der Waals surface area contributed by atoms with Gasteiger partial charge in [0, 0.05) is 25.9 Å². The summed E-state index contributed by atoms with van der Waals surface area (Å²) in [6.45, 7) is 3.90. The number of aliphatic carboxylic acids is 1. The van der Waals surface area contributed by atoms with E-state index in [4.69, 9.17) is 14.6 Å². The Morgan fingerprint density at radius 1 is 1.41 bits per heavy atom. The van der Waals surface area contributed by atoms with Crippen LogP contribution in [-0.2, 0) is 14.3 Å². The second-order valence-electron chi connectivity index (χ2n) is 5.06. The lowest BCUT2D eigenvalue weighted by molar-refractivity contribution is -0.146. The van der Waals surface area contributed by atoms with Crippen molar-refractivity contribution >= 4 is 5.97 Å². The Morgan fingerprint density at radius 2 is 2.12 bits per heavy atom. The molecule has 0 aromatic rings. The van der Waals surface area contributed by atoms with Gasteiger partial charge in [-0.25, -0.2) is 0 Å². The molecular formula is C12H21NO4. The summed E-state index contributed by atoms with van der Waals surface area (Å²) in [6, 6.07) is -0.247. The summed E-state index contributed by atoms with van der Waals surface area (Å²) in [6.07, 6.45) is 3.63. The molecule has 17 heavy (non-hydrogen) atoms. The van der Waals surface area contributed by atoms with Gasteiger partial charge in [-0.2, -0.15) is 0 Å². The van der Waals surface area contributed by atoms with E-state index in [1.807, 2.05) is 0 Å². The van der Waals surface area contributed by atoms with E-state index in [1.165, 1.54) is 0 Å². The quantitative estimate of drug-likeness (QED) is 0.766. The van der Waals surface area contributed by atoms with Crippen LogP contribution in [0.15, 0.2) is 0 Å². The zero-order valence-electron chi connectivity index (χ0n) is 10.3. The van der Waals surface area contributed by atoms with E-state index in [9.17, 15) is 4.79 Å². The molecule has 0 aromatic carbocycles. The zero-order chi connectivity index (χ0) is 12.3. The van der Waals surface area contributed by atoms with Crippen molar-refractivity contribution in [1.82, 2.24) is 5.32 Å². The molecule has 0 amide bonds. The van der Waals surface area contributed by atoms with Gasteiger partial charge >= 0.3 is 5.97 Å². The van der Waals surface area contributed by atoms with Crippen molar-refractivity contribution in [2.45, 2.75) is 50.3 Å². The first-order chi connectivity index (χ1) is 8.11. The van der Waals surface area contributed by atoms with Crippen LogP contribution in [-0.4, -0.2) is 48.6 Å². The lowest BCUT2D eigenvalue weighted by Gasteiger charge is -2.43. The molecule has 2 fully saturated rings. The average molecular weight is 243 g/mol. The van der Waals surface area contributed by atoms with Gasteiger partial charge in [0.15, 0.2) is 0 Å². The third kappa shape index (κ3) is 3.18. The Kier molecular flexibility index (Phi) is 4.01. The molecule has 2 aliphatic heterocycles. The number of rotatable bonds is 3. The van der Waals surface area contributed by atoms with Crippen LogP contribution in [0.5, 0.6) is 0 Å². The van der Waals surface area contributed by atoms with E-state index < -0.39 is 12.0 Å². The lowest BCUT2D eigenvalue weighted by atomic mass is 9.84. The van der Waals surface area contributed by atoms with Crippen LogP contribution in [0.3, 0.4) is 0 Å². The second-order valence-corrected chi connectivity index (χ2v) is 5.06. The van der Waals surface area contributed by atoms with Gasteiger partial charge in [0.1, 0.15) is 6.04 Å². The Morgan fingerprint density at radius 3 is 2.76 bits per heavy atom. The minimum absolute atomic E-state index is 0.0770. The van der Waals surface area contributed by atoms with Gasteiger partial charge in [0.2, 0.25) is 0 Å². The summed E-state index contributed by atoms with van der Waals surface area (Å²) < 4.78 is 11.3. The molecule has 2 unspecified atom stereocenters. The maximum absolute atomic E-state index is 10.8. The number of carbonyl (C=O) groups is 1. The summed E-state index contributed by atoms with van der Waals surface area (Å²) in [4.78, 5) is 10.8. The zero-order valence-corrected chi connectivity index (χ0v) is 10.3. The average Bonchev–Trinajstić information content (AvgIpc) is 2.30. The van der Waals surface area contributed by atoms with Crippen molar-refractivity contribution in [2.75, 3.05) is 19.8 Å². The lowest BCUT2D eigenvalue weighted by Crippen LogP contribution is -2.52. The highest BCUT2D eigenvalue weighted by Crippen LogP contribution is 2.34. The van der Waals surface area contributed by atoms with Crippen molar-refractivity contribution in [3.05, 3.63) is 0 Å². The molecule has 0 aliphatic carbocycles. The van der Waals surface area contributed by atoms with Gasteiger partial charge in [-0.15, -0.1) is 0 Å². The first-order valence-electron chi connectivity index (χ1n) is 6.32. The molecule has 2 atom stereocenters. The standard InChI is InChI=1S/C12H21NO4/c1-9(11(14)15)13-10-2-5-17-12(8-10)3-6-16-7-4-12/h9-10,13H,2-8H2,1H3,(H,14,15). The molecule has 5 nitrogen and oxygen atoms in total. The fourth-order valence-corrected chi connectivity index (χ4v) is 2.69. The highest BCUT2D eigenvalue weighted by atomic mass is 16.5. The summed E-state index contributed by atoms with van der Waals surface area (Å²) in [5, 5.41) is 12.1. The smallest absolute Gasteiger partial charge is 0.320 e. The third-order valence-electron chi connectivity index (χ3n) is 3.75. The SMILES string of the molecule is CC(NC1CCOC2(CCOCC2)C1)C(=O)O. The van der Waals surface area contributed by atoms with E-state index >= 15 is 0 Å². The molecule has 0 saturated carbocycles. The van der Waals surface area contributed by atoms with Gasteiger partial charge in [-0.05, 0) is 32.6 Å². The Balaban J connectivity index is 1.90. The highest BCUT2D eigenvalue weighted by molar-refractivity contribution is 5.72. The van der Waals surface area contributed by atoms with Crippen LogP contribution in [0, 0.1) is 0 Å². The molecule has 5 heteroatoms. The minimum atomic E-state index is -0.794. The van der Waals surface area contributed by atoms with Crippen molar-refractivity contribution < 1.29 is 19.4 Å². The van der Waals surface area contributed by atoms with Crippen LogP contribution in [0.25, 0.3) is 0 Å². The Labute approximate surface area is 101 Å². The molecule has 98 valence electrons. The van der Waals surface area contributed by atoms with Crippen LogP contribution in [0.2, 0.25) is 0 Å². The molecule has 0 aromatic heterocycles. The molecule has 0 radical (unpaired) electrons. The monoisotopic (exact) mass is 243 g/mol. The fraction of sp³-hybridized carbons (Fsp3) is 0.917. The second kappa shape index (κ2) is 5.33. The van der Waals surface area contributed by atoms with E-state index in [0.29, 0.717) is 6.61 Å². The van der Waals surface area contributed by atoms with E-state index in [0.717, 1.165) is 38.9 Å². The molecule has 2 saturated heterocycles. The van der Waals surface area contributed by atoms with Gasteiger partial charge < -0.3 is 19.9 Å². The molecule has 2 N–H and O–H groups in total. The van der Waals surface area contributed by atoms with Gasteiger partial charge in [0.25, 0.3) is 0 Å². The minimum Gasteiger partial charge on any atom is -0.480 e. The topological polar surface area (TPSA) is 67.8 Å². The van der Waals surface area contributed by atoms with Crippen molar-refractivity contribution in [3.63, 3.8) is 0 Å². The maximum Gasteiger partial charge on any atom is 0.320 e. The van der Waals surface area contributed by atoms with Crippen LogP contribution >= 0.6 is 0 Å². The van der Waals surface area contributed by atoms with Gasteiger partial charge in [-0.1, -0.05) is 0 Å². The summed E-state index contributed by atoms with van der Waals surface area (Å²) in [5.74, 6) is -0.794. The van der Waals surface area contributed by atoms with E-state index in [2.05, 4.69) is 5.32 Å². The van der Waals surface area contributed by atoms with Crippen LogP contribution < -0.4 is 5.32 Å². The highest BCUT2D eigenvalue weighted by Gasteiger charge is 2.39. The van der Waals surface area contributed by atoms with E-state index in [-0.39, 0.29) is 11.6 Å². The van der Waals surface area contributed by atoms with Gasteiger partial charge in [-0.3, -0.25) is 4.79 Å².